The van der Waals surface area contributed by atoms with Gasteiger partial charge in [-0.2, -0.15) is 0 Å². The van der Waals surface area contributed by atoms with Gasteiger partial charge in [0.15, 0.2) is 5.78 Å². The molecule has 0 aliphatic carbocycles. The van der Waals surface area contributed by atoms with Crippen LogP contribution in [0.25, 0.3) is 6.08 Å². The molecule has 15 heavy (non-hydrogen) atoms. The fourth-order valence-corrected chi connectivity index (χ4v) is 1.76. The number of nitrogens with one attached hydrogen (secondary N) is 1. The Kier molecular flexibility index (Phi) is 5.07. The molecule has 1 N–H and O–H groups in total. The molecule has 0 saturated carbocycles. The summed E-state index contributed by atoms with van der Waals surface area (Å²) < 4.78 is 0. The summed E-state index contributed by atoms with van der Waals surface area (Å²) in [6.45, 7) is 4.30. The number of thiophene rings is 1. The van der Waals surface area contributed by atoms with E-state index in [9.17, 15) is 4.79 Å². The third-order valence-electron chi connectivity index (χ3n) is 1.68. The highest BCUT2D eigenvalue weighted by atomic mass is 32.1. The van der Waals surface area contributed by atoms with Gasteiger partial charge in [-0.15, -0.1) is 11.3 Å². The number of hydrogen-bond donors (Lipinski definition) is 1. The van der Waals surface area contributed by atoms with Crippen LogP contribution in [0.2, 0.25) is 0 Å². The largest absolute Gasteiger partial charge is 0.294 e. The molecule has 1 aromatic rings. The second kappa shape index (κ2) is 6.37. The molecule has 82 valence electrons. The van der Waals surface area contributed by atoms with Gasteiger partial charge in [0.25, 0.3) is 0 Å². The predicted molar refractivity (Wildman–Crippen MR) is 62.7 cm³/mol. The van der Waals surface area contributed by atoms with Gasteiger partial charge in [0.2, 0.25) is 0 Å². The summed E-state index contributed by atoms with van der Waals surface area (Å²) in [6.07, 6.45) is 4.59. The fourth-order valence-electron chi connectivity index (χ4n) is 0.957. The van der Waals surface area contributed by atoms with Crippen LogP contribution < -0.4 is 5.48 Å². The standard InChI is InChI=1S/C11H15NO2S/c1-3-8-14-12-7-6-10-4-5-11(15-10)9(2)13/h4-7,12H,3,8H2,1-2H3. The van der Waals surface area contributed by atoms with Gasteiger partial charge in [0.05, 0.1) is 11.5 Å². The van der Waals surface area contributed by atoms with Crippen LogP contribution in [-0.4, -0.2) is 12.4 Å². The van der Waals surface area contributed by atoms with Crippen molar-refractivity contribution in [1.82, 2.24) is 5.48 Å². The summed E-state index contributed by atoms with van der Waals surface area (Å²) in [6, 6.07) is 3.75. The Labute approximate surface area is 93.7 Å². The van der Waals surface area contributed by atoms with E-state index >= 15 is 0 Å². The van der Waals surface area contributed by atoms with Crippen molar-refractivity contribution in [3.63, 3.8) is 0 Å². The minimum absolute atomic E-state index is 0.106. The molecule has 0 amide bonds. The van der Waals surface area contributed by atoms with Gasteiger partial charge in [0.1, 0.15) is 0 Å². The van der Waals surface area contributed by atoms with Crippen molar-refractivity contribution in [3.8, 4) is 0 Å². The number of carbonyl (C=O) groups is 1. The van der Waals surface area contributed by atoms with E-state index in [1.165, 1.54) is 11.3 Å². The van der Waals surface area contributed by atoms with Crippen LogP contribution >= 0.6 is 11.3 Å². The lowest BCUT2D eigenvalue weighted by Gasteiger charge is -1.97. The third-order valence-corrected chi connectivity index (χ3v) is 2.83. The molecule has 0 bridgehead atoms. The monoisotopic (exact) mass is 225 g/mol. The van der Waals surface area contributed by atoms with Crippen LogP contribution in [0.3, 0.4) is 0 Å². The van der Waals surface area contributed by atoms with Crippen LogP contribution in [0.15, 0.2) is 18.3 Å². The quantitative estimate of drug-likeness (QED) is 0.459. The van der Waals surface area contributed by atoms with Gasteiger partial charge < -0.3 is 0 Å². The maximum absolute atomic E-state index is 11.0. The zero-order valence-corrected chi connectivity index (χ0v) is 9.76. The molecule has 0 spiro atoms. The Bertz CT molecular complexity index is 344. The van der Waals surface area contributed by atoms with E-state index in [4.69, 9.17) is 4.84 Å². The topological polar surface area (TPSA) is 38.3 Å². The minimum atomic E-state index is 0.106. The molecule has 0 unspecified atom stereocenters. The van der Waals surface area contributed by atoms with Gasteiger partial charge in [-0.1, -0.05) is 6.92 Å². The second-order valence-corrected chi connectivity index (χ2v) is 4.17. The van der Waals surface area contributed by atoms with Crippen molar-refractivity contribution >= 4 is 23.2 Å². The van der Waals surface area contributed by atoms with Crippen molar-refractivity contribution in [2.45, 2.75) is 20.3 Å². The zero-order chi connectivity index (χ0) is 11.1. The number of ketones is 1. The van der Waals surface area contributed by atoms with Gasteiger partial charge in [0, 0.05) is 11.1 Å². The lowest BCUT2D eigenvalue weighted by Crippen LogP contribution is -2.06. The molecule has 0 atom stereocenters. The van der Waals surface area contributed by atoms with E-state index in [0.717, 1.165) is 16.2 Å². The molecule has 1 rings (SSSR count). The summed E-state index contributed by atoms with van der Waals surface area (Å²) in [5, 5.41) is 0. The normalized spacial score (nSPS) is 10.8. The zero-order valence-electron chi connectivity index (χ0n) is 8.95. The van der Waals surface area contributed by atoms with E-state index < -0.39 is 0 Å². The molecule has 0 aliphatic rings. The molecule has 0 aromatic carbocycles. The Morgan fingerprint density at radius 1 is 1.60 bits per heavy atom. The smallest absolute Gasteiger partial charge is 0.169 e. The van der Waals surface area contributed by atoms with Crippen LogP contribution in [0, 0.1) is 0 Å². The van der Waals surface area contributed by atoms with Crippen molar-refractivity contribution in [3.05, 3.63) is 28.1 Å². The number of hydroxylamine groups is 1. The minimum Gasteiger partial charge on any atom is -0.294 e. The molecule has 0 radical (unpaired) electrons. The van der Waals surface area contributed by atoms with Crippen molar-refractivity contribution in [2.24, 2.45) is 0 Å². The van der Waals surface area contributed by atoms with Crippen molar-refractivity contribution in [1.29, 1.82) is 0 Å². The second-order valence-electron chi connectivity index (χ2n) is 3.06. The number of rotatable bonds is 6. The van der Waals surface area contributed by atoms with Crippen molar-refractivity contribution in [2.75, 3.05) is 6.61 Å². The average Bonchev–Trinajstić information content (AvgIpc) is 2.66. The highest BCUT2D eigenvalue weighted by Crippen LogP contribution is 2.17. The fraction of sp³-hybridized carbons (Fsp3) is 0.364. The highest BCUT2D eigenvalue weighted by Gasteiger charge is 2.01. The van der Waals surface area contributed by atoms with E-state index in [1.807, 2.05) is 25.1 Å². The first-order chi connectivity index (χ1) is 7.24. The molecule has 3 nitrogen and oxygen atoms in total. The molecular weight excluding hydrogens is 210 g/mol. The van der Waals surface area contributed by atoms with Crippen molar-refractivity contribution < 1.29 is 9.63 Å². The molecule has 1 heterocycles. The van der Waals surface area contributed by atoms with E-state index in [-0.39, 0.29) is 5.78 Å². The van der Waals surface area contributed by atoms with Gasteiger partial charge in [-0.05, 0) is 31.6 Å². The molecule has 0 saturated heterocycles. The maximum atomic E-state index is 11.0. The van der Waals surface area contributed by atoms with Crippen LogP contribution in [-0.2, 0) is 4.84 Å². The highest BCUT2D eigenvalue weighted by molar-refractivity contribution is 7.14. The first-order valence-corrected chi connectivity index (χ1v) is 5.70. The SMILES string of the molecule is CCCONC=Cc1ccc(C(C)=O)s1. The van der Waals surface area contributed by atoms with Gasteiger partial charge >= 0.3 is 0 Å². The first kappa shape index (κ1) is 11.9. The predicted octanol–water partition coefficient (Wildman–Crippen LogP) is 2.85. The van der Waals surface area contributed by atoms with Gasteiger partial charge in [-0.3, -0.25) is 15.1 Å². The molecule has 0 aliphatic heterocycles. The molecule has 0 fully saturated rings. The summed E-state index contributed by atoms with van der Waals surface area (Å²) in [7, 11) is 0. The van der Waals surface area contributed by atoms with Gasteiger partial charge in [-0.25, -0.2) is 0 Å². The molecule has 1 aromatic heterocycles. The van der Waals surface area contributed by atoms with E-state index in [1.54, 1.807) is 13.1 Å². The number of hydrogen-bond acceptors (Lipinski definition) is 4. The number of Topliss-reactive ketones (excluding diaryl/α,β-unsaturated/α-hetero) is 1. The Morgan fingerprint density at radius 2 is 2.40 bits per heavy atom. The number of carbonyl (C=O) groups excluding carboxylic acids is 1. The van der Waals surface area contributed by atoms with Crippen LogP contribution in [0.1, 0.15) is 34.8 Å². The summed E-state index contributed by atoms with van der Waals surface area (Å²) in [4.78, 5) is 17.9. The summed E-state index contributed by atoms with van der Waals surface area (Å²) in [5.41, 5.74) is 2.71. The lowest BCUT2D eigenvalue weighted by molar-refractivity contribution is 0.0724. The average molecular weight is 225 g/mol. The van der Waals surface area contributed by atoms with Crippen LogP contribution in [0.5, 0.6) is 0 Å². The summed E-state index contributed by atoms with van der Waals surface area (Å²) >= 11 is 1.47. The third kappa shape index (κ3) is 4.27. The first-order valence-electron chi connectivity index (χ1n) is 4.88. The molecule has 4 heteroatoms. The lowest BCUT2D eigenvalue weighted by atomic mass is 10.3. The Morgan fingerprint density at radius 3 is 3.00 bits per heavy atom. The van der Waals surface area contributed by atoms with Crippen LogP contribution in [0.4, 0.5) is 0 Å². The van der Waals surface area contributed by atoms with E-state index in [2.05, 4.69) is 5.48 Å². The Balaban J connectivity index is 2.39. The summed E-state index contributed by atoms with van der Waals surface area (Å²) in [5.74, 6) is 0.106. The Hall–Kier alpha value is -1.13. The maximum Gasteiger partial charge on any atom is 0.169 e. The molecular formula is C11H15NO2S. The van der Waals surface area contributed by atoms with E-state index in [0.29, 0.717) is 6.61 Å².